The average Bonchev–Trinajstić information content (AvgIpc) is 2.58. The summed E-state index contributed by atoms with van der Waals surface area (Å²) in [5.41, 5.74) is -0.291. The lowest BCUT2D eigenvalue weighted by Gasteiger charge is -2.31. The van der Waals surface area contributed by atoms with Crippen LogP contribution in [-0.4, -0.2) is 33.8 Å². The van der Waals surface area contributed by atoms with Gasteiger partial charge in [0, 0.05) is 25.4 Å². The van der Waals surface area contributed by atoms with Gasteiger partial charge < -0.3 is 10.2 Å². The third-order valence-corrected chi connectivity index (χ3v) is 4.19. The molecule has 0 saturated carbocycles. The Morgan fingerprint density at radius 3 is 2.75 bits per heavy atom. The normalized spacial score (nSPS) is 15.3. The standard InChI is InChI=1S/C17H21N5O2/c1-13-7-10-21(11-8-13)15-5-6-17(24)22(20-15)12-16(23)19-14-4-2-3-9-18-14/h2-6,9,13H,7-8,10-12H2,1H3,(H,18,19,23). The van der Waals surface area contributed by atoms with Gasteiger partial charge in [0.1, 0.15) is 18.2 Å². The molecule has 0 aliphatic carbocycles. The lowest BCUT2D eigenvalue weighted by Crippen LogP contribution is -2.36. The molecule has 2 aromatic heterocycles. The van der Waals surface area contributed by atoms with E-state index in [2.05, 4.69) is 27.2 Å². The Morgan fingerprint density at radius 2 is 2.04 bits per heavy atom. The van der Waals surface area contributed by atoms with Gasteiger partial charge >= 0.3 is 0 Å². The maximum absolute atomic E-state index is 12.1. The van der Waals surface area contributed by atoms with Crippen molar-refractivity contribution in [3.05, 3.63) is 46.9 Å². The van der Waals surface area contributed by atoms with Crippen molar-refractivity contribution in [2.24, 2.45) is 5.92 Å². The molecule has 7 nitrogen and oxygen atoms in total. The van der Waals surface area contributed by atoms with Crippen LogP contribution >= 0.6 is 0 Å². The van der Waals surface area contributed by atoms with Gasteiger partial charge in [0.15, 0.2) is 0 Å². The number of aromatic nitrogens is 3. The molecule has 2 aromatic rings. The highest BCUT2D eigenvalue weighted by atomic mass is 16.2. The van der Waals surface area contributed by atoms with Crippen LogP contribution in [0.1, 0.15) is 19.8 Å². The number of hydrogen-bond acceptors (Lipinski definition) is 5. The minimum absolute atomic E-state index is 0.131. The van der Waals surface area contributed by atoms with E-state index in [4.69, 9.17) is 0 Å². The summed E-state index contributed by atoms with van der Waals surface area (Å²) in [5.74, 6) is 1.59. The van der Waals surface area contributed by atoms with Gasteiger partial charge in [-0.05, 0) is 37.0 Å². The molecule has 24 heavy (non-hydrogen) atoms. The molecular weight excluding hydrogens is 306 g/mol. The second-order valence-corrected chi connectivity index (χ2v) is 6.12. The maximum Gasteiger partial charge on any atom is 0.267 e. The van der Waals surface area contributed by atoms with Crippen molar-refractivity contribution in [3.8, 4) is 0 Å². The first-order valence-corrected chi connectivity index (χ1v) is 8.16. The minimum Gasteiger partial charge on any atom is -0.355 e. The first-order valence-electron chi connectivity index (χ1n) is 8.16. The first-order chi connectivity index (χ1) is 11.6. The molecule has 1 N–H and O–H groups in total. The van der Waals surface area contributed by atoms with E-state index < -0.39 is 0 Å². The molecule has 0 atom stereocenters. The Kier molecular flexibility index (Phi) is 4.88. The number of carbonyl (C=O) groups is 1. The summed E-state index contributed by atoms with van der Waals surface area (Å²) < 4.78 is 1.20. The van der Waals surface area contributed by atoms with E-state index in [1.54, 1.807) is 30.5 Å². The quantitative estimate of drug-likeness (QED) is 0.921. The van der Waals surface area contributed by atoms with Crippen LogP contribution in [0, 0.1) is 5.92 Å². The van der Waals surface area contributed by atoms with Crippen molar-refractivity contribution in [2.45, 2.75) is 26.3 Å². The molecule has 0 radical (unpaired) electrons. The first kappa shape index (κ1) is 16.2. The molecule has 126 valence electrons. The third kappa shape index (κ3) is 3.98. The molecule has 0 spiro atoms. The Bertz CT molecular complexity index is 751. The fourth-order valence-corrected chi connectivity index (χ4v) is 2.71. The van der Waals surface area contributed by atoms with Crippen LogP contribution in [0.3, 0.4) is 0 Å². The fraction of sp³-hybridized carbons (Fsp3) is 0.412. The molecule has 1 aliphatic rings. The van der Waals surface area contributed by atoms with Crippen molar-refractivity contribution in [1.29, 1.82) is 0 Å². The number of carbonyl (C=O) groups excluding carboxylic acids is 1. The summed E-state index contributed by atoms with van der Waals surface area (Å²) in [6, 6.07) is 8.44. The van der Waals surface area contributed by atoms with Crippen LogP contribution < -0.4 is 15.8 Å². The van der Waals surface area contributed by atoms with Crippen molar-refractivity contribution >= 4 is 17.5 Å². The summed E-state index contributed by atoms with van der Waals surface area (Å²) in [7, 11) is 0. The molecule has 1 fully saturated rings. The number of rotatable bonds is 4. The predicted molar refractivity (Wildman–Crippen MR) is 92.0 cm³/mol. The largest absolute Gasteiger partial charge is 0.355 e. The van der Waals surface area contributed by atoms with E-state index in [0.717, 1.165) is 37.7 Å². The number of nitrogens with one attached hydrogen (secondary N) is 1. The average molecular weight is 327 g/mol. The monoisotopic (exact) mass is 327 g/mol. The molecule has 1 saturated heterocycles. The number of nitrogens with zero attached hydrogens (tertiary/aromatic N) is 4. The Morgan fingerprint density at radius 1 is 1.25 bits per heavy atom. The van der Waals surface area contributed by atoms with Crippen LogP contribution in [0.25, 0.3) is 0 Å². The third-order valence-electron chi connectivity index (χ3n) is 4.19. The molecule has 3 rings (SSSR count). The molecule has 0 bridgehead atoms. The zero-order valence-electron chi connectivity index (χ0n) is 13.7. The van der Waals surface area contributed by atoms with E-state index >= 15 is 0 Å². The SMILES string of the molecule is CC1CCN(c2ccc(=O)n(CC(=O)Nc3ccccn3)n2)CC1. The van der Waals surface area contributed by atoms with Gasteiger partial charge in [0.05, 0.1) is 0 Å². The van der Waals surface area contributed by atoms with Gasteiger partial charge in [0.25, 0.3) is 5.56 Å². The molecule has 1 aliphatic heterocycles. The van der Waals surface area contributed by atoms with Crippen molar-refractivity contribution in [2.75, 3.05) is 23.3 Å². The Hall–Kier alpha value is -2.70. The molecule has 1 amide bonds. The number of hydrogen-bond donors (Lipinski definition) is 1. The van der Waals surface area contributed by atoms with E-state index in [1.807, 2.05) is 0 Å². The van der Waals surface area contributed by atoms with Gasteiger partial charge in [-0.2, -0.15) is 5.10 Å². The number of amides is 1. The van der Waals surface area contributed by atoms with Crippen LogP contribution in [0.4, 0.5) is 11.6 Å². The lowest BCUT2D eigenvalue weighted by atomic mass is 9.99. The number of pyridine rings is 1. The van der Waals surface area contributed by atoms with Gasteiger partial charge in [-0.3, -0.25) is 9.59 Å². The van der Waals surface area contributed by atoms with Crippen molar-refractivity contribution in [1.82, 2.24) is 14.8 Å². The zero-order valence-corrected chi connectivity index (χ0v) is 13.7. The van der Waals surface area contributed by atoms with Crippen LogP contribution in [0.5, 0.6) is 0 Å². The Balaban J connectivity index is 1.70. The highest BCUT2D eigenvalue weighted by Gasteiger charge is 2.18. The predicted octanol–water partition coefficient (Wildman–Crippen LogP) is 1.51. The number of piperidine rings is 1. The number of anilines is 2. The van der Waals surface area contributed by atoms with E-state index in [1.165, 1.54) is 10.7 Å². The van der Waals surface area contributed by atoms with E-state index in [9.17, 15) is 9.59 Å². The molecule has 0 unspecified atom stereocenters. The van der Waals surface area contributed by atoms with Crippen LogP contribution in [0.15, 0.2) is 41.3 Å². The Labute approximate surface area is 140 Å². The highest BCUT2D eigenvalue weighted by Crippen LogP contribution is 2.20. The highest BCUT2D eigenvalue weighted by molar-refractivity contribution is 5.89. The van der Waals surface area contributed by atoms with Crippen molar-refractivity contribution < 1.29 is 4.79 Å². The second-order valence-electron chi connectivity index (χ2n) is 6.12. The topological polar surface area (TPSA) is 80.1 Å². The molecular formula is C17H21N5O2. The van der Waals surface area contributed by atoms with Gasteiger partial charge in [-0.25, -0.2) is 9.67 Å². The van der Waals surface area contributed by atoms with Gasteiger partial charge in [0.2, 0.25) is 5.91 Å². The molecule has 7 heteroatoms. The maximum atomic E-state index is 12.1. The summed E-state index contributed by atoms with van der Waals surface area (Å²) in [6.45, 7) is 3.96. The summed E-state index contributed by atoms with van der Waals surface area (Å²) >= 11 is 0. The van der Waals surface area contributed by atoms with E-state index in [-0.39, 0.29) is 18.0 Å². The minimum atomic E-state index is -0.326. The zero-order chi connectivity index (χ0) is 16.9. The van der Waals surface area contributed by atoms with E-state index in [0.29, 0.717) is 5.82 Å². The smallest absolute Gasteiger partial charge is 0.267 e. The second kappa shape index (κ2) is 7.25. The van der Waals surface area contributed by atoms with Gasteiger partial charge in [-0.1, -0.05) is 13.0 Å². The fourth-order valence-electron chi connectivity index (χ4n) is 2.71. The van der Waals surface area contributed by atoms with Crippen LogP contribution in [-0.2, 0) is 11.3 Å². The lowest BCUT2D eigenvalue weighted by molar-refractivity contribution is -0.117. The summed E-state index contributed by atoms with van der Waals surface area (Å²) in [6.07, 6.45) is 3.82. The summed E-state index contributed by atoms with van der Waals surface area (Å²) in [5, 5.41) is 7.01. The molecule has 0 aromatic carbocycles. The van der Waals surface area contributed by atoms with Crippen LogP contribution in [0.2, 0.25) is 0 Å². The summed E-state index contributed by atoms with van der Waals surface area (Å²) in [4.78, 5) is 30.3. The molecule has 3 heterocycles. The van der Waals surface area contributed by atoms with Gasteiger partial charge in [-0.15, -0.1) is 0 Å². The van der Waals surface area contributed by atoms with Crippen molar-refractivity contribution in [3.63, 3.8) is 0 Å².